The van der Waals surface area contributed by atoms with Gasteiger partial charge in [0, 0.05) is 60.9 Å². The third-order valence-electron chi connectivity index (χ3n) is 8.40. The number of rotatable bonds is 13. The van der Waals surface area contributed by atoms with E-state index in [0.29, 0.717) is 53.2 Å². The molecular formula is C30H33BrN5O11PS. The van der Waals surface area contributed by atoms with Crippen LogP contribution in [0.25, 0.3) is 21.7 Å². The molecule has 1 atom stereocenters. The average molecular weight is 783 g/mol. The standard InChI is InChI=1S/C30H33BrN5O11PS/c31-17-20-18-35(30(37)26-14-19-13-21(1-4-25(19)33-26)46-12-8-34-6-10-45-11-7-34)28-16-27(36(38)39)24-15-22(2-3-23(24)29(20)28)49(43,44)32-5-9-47-48(40,41)42/h1-4,13-16,20,32-33H,5-12,17-18H2,(H2,40,41,42). The van der Waals surface area contributed by atoms with Crippen LogP contribution in [0, 0.1) is 10.1 Å². The molecule has 3 heterocycles. The lowest BCUT2D eigenvalue weighted by molar-refractivity contribution is -0.383. The highest BCUT2D eigenvalue weighted by Gasteiger charge is 2.37. The Morgan fingerprint density at radius 1 is 1.12 bits per heavy atom. The molecule has 1 saturated heterocycles. The second kappa shape index (κ2) is 14.4. The Morgan fingerprint density at radius 3 is 2.61 bits per heavy atom. The number of halogens is 1. The van der Waals surface area contributed by atoms with Crippen molar-refractivity contribution in [1.29, 1.82) is 0 Å². The maximum Gasteiger partial charge on any atom is 0.469 e. The quantitative estimate of drug-likeness (QED) is 0.0505. The van der Waals surface area contributed by atoms with Crippen LogP contribution in [-0.2, 0) is 23.8 Å². The number of morpholine rings is 1. The van der Waals surface area contributed by atoms with Gasteiger partial charge in [-0.3, -0.25) is 24.3 Å². The van der Waals surface area contributed by atoms with E-state index in [2.05, 4.69) is 35.1 Å². The molecule has 16 nitrogen and oxygen atoms in total. The van der Waals surface area contributed by atoms with Crippen LogP contribution in [0.15, 0.2) is 53.4 Å². The number of nitrogens with one attached hydrogen (secondary N) is 2. The number of aromatic amines is 1. The molecule has 19 heteroatoms. The van der Waals surface area contributed by atoms with Crippen molar-refractivity contribution in [2.45, 2.75) is 10.8 Å². The van der Waals surface area contributed by atoms with Crippen molar-refractivity contribution in [2.75, 3.05) is 69.4 Å². The van der Waals surface area contributed by atoms with E-state index >= 15 is 0 Å². The fourth-order valence-electron chi connectivity index (χ4n) is 6.09. The summed E-state index contributed by atoms with van der Waals surface area (Å²) in [5, 5.41) is 14.0. The van der Waals surface area contributed by atoms with Crippen molar-refractivity contribution in [3.63, 3.8) is 0 Å². The number of anilines is 1. The maximum absolute atomic E-state index is 14.0. The number of nitro groups is 1. The molecule has 0 bridgehead atoms. The van der Waals surface area contributed by atoms with Gasteiger partial charge in [0.2, 0.25) is 10.0 Å². The molecule has 4 aromatic rings. The van der Waals surface area contributed by atoms with Gasteiger partial charge in [-0.05, 0) is 47.3 Å². The van der Waals surface area contributed by atoms with Crippen LogP contribution in [-0.4, -0.2) is 103 Å². The van der Waals surface area contributed by atoms with Gasteiger partial charge in [-0.2, -0.15) is 0 Å². The minimum atomic E-state index is -4.79. The molecule has 2 aliphatic heterocycles. The van der Waals surface area contributed by atoms with Crippen molar-refractivity contribution in [1.82, 2.24) is 14.6 Å². The third-order valence-corrected chi connectivity index (χ3v) is 11.2. The molecule has 1 aromatic heterocycles. The third kappa shape index (κ3) is 7.82. The largest absolute Gasteiger partial charge is 0.492 e. The Labute approximate surface area is 288 Å². The summed E-state index contributed by atoms with van der Waals surface area (Å²) in [6, 6.07) is 12.4. The summed E-state index contributed by atoms with van der Waals surface area (Å²) in [6.07, 6.45) is 0. The smallest absolute Gasteiger partial charge is 0.469 e. The zero-order chi connectivity index (χ0) is 34.9. The topological polar surface area (TPSA) is 214 Å². The lowest BCUT2D eigenvalue weighted by Gasteiger charge is -2.26. The summed E-state index contributed by atoms with van der Waals surface area (Å²) < 4.78 is 54.6. The monoisotopic (exact) mass is 781 g/mol. The number of ether oxygens (including phenoxy) is 2. The summed E-state index contributed by atoms with van der Waals surface area (Å²) in [5.41, 5.74) is 1.63. The van der Waals surface area contributed by atoms with E-state index in [0.717, 1.165) is 30.5 Å². The summed E-state index contributed by atoms with van der Waals surface area (Å²) >= 11 is 3.51. The van der Waals surface area contributed by atoms with E-state index < -0.39 is 35.9 Å². The molecular weight excluding hydrogens is 749 g/mol. The van der Waals surface area contributed by atoms with Crippen LogP contribution in [0.1, 0.15) is 22.0 Å². The van der Waals surface area contributed by atoms with Crippen LogP contribution in [0.3, 0.4) is 0 Å². The van der Waals surface area contributed by atoms with Crippen LogP contribution < -0.4 is 14.4 Å². The highest BCUT2D eigenvalue weighted by molar-refractivity contribution is 9.09. The van der Waals surface area contributed by atoms with Gasteiger partial charge in [0.15, 0.2) is 0 Å². The van der Waals surface area contributed by atoms with Crippen molar-refractivity contribution in [3.05, 3.63) is 69.9 Å². The molecule has 1 unspecified atom stereocenters. The number of phosphoric ester groups is 1. The normalized spacial score (nSPS) is 17.1. The molecule has 4 N–H and O–H groups in total. The van der Waals surface area contributed by atoms with Gasteiger partial charge in [0.25, 0.3) is 11.6 Å². The van der Waals surface area contributed by atoms with Crippen LogP contribution in [0.4, 0.5) is 11.4 Å². The first kappa shape index (κ1) is 35.4. The van der Waals surface area contributed by atoms with E-state index in [1.807, 2.05) is 18.2 Å². The number of nitrogens with zero attached hydrogens (tertiary/aromatic N) is 3. The van der Waals surface area contributed by atoms with Crippen molar-refractivity contribution >= 4 is 72.7 Å². The Bertz CT molecular complexity index is 2070. The fourth-order valence-corrected chi connectivity index (χ4v) is 7.99. The van der Waals surface area contributed by atoms with Gasteiger partial charge in [0.1, 0.15) is 18.1 Å². The summed E-state index contributed by atoms with van der Waals surface area (Å²) in [4.78, 5) is 49.9. The number of alkyl halides is 1. The molecule has 6 rings (SSSR count). The molecule has 1 fully saturated rings. The summed E-state index contributed by atoms with van der Waals surface area (Å²) in [7, 11) is -9.02. The number of hydrogen-bond acceptors (Lipinski definition) is 10. The number of fused-ring (bicyclic) bond motifs is 4. The van der Waals surface area contributed by atoms with Gasteiger partial charge >= 0.3 is 7.82 Å². The Kier molecular flexibility index (Phi) is 10.4. The second-order valence-corrected chi connectivity index (χ2v) is 15.2. The number of nitro benzene ring substituents is 1. The number of aromatic nitrogens is 1. The molecule has 3 aromatic carbocycles. The Hall–Kier alpha value is -3.45. The first-order valence-corrected chi connectivity index (χ1v) is 19.4. The number of benzene rings is 3. The first-order chi connectivity index (χ1) is 23.3. The van der Waals surface area contributed by atoms with Gasteiger partial charge in [-0.25, -0.2) is 17.7 Å². The highest BCUT2D eigenvalue weighted by Crippen LogP contribution is 2.46. The molecule has 2 aliphatic rings. The van der Waals surface area contributed by atoms with E-state index in [9.17, 15) is 27.9 Å². The zero-order valence-corrected chi connectivity index (χ0v) is 29.2. The predicted octanol–water partition coefficient (Wildman–Crippen LogP) is 3.47. The molecule has 0 radical (unpaired) electrons. The highest BCUT2D eigenvalue weighted by atomic mass is 79.9. The molecule has 0 saturated carbocycles. The summed E-state index contributed by atoms with van der Waals surface area (Å²) in [5.74, 6) is 0.0199. The molecule has 0 aliphatic carbocycles. The number of H-pyrrole nitrogens is 1. The first-order valence-electron chi connectivity index (χ1n) is 15.2. The molecule has 0 spiro atoms. The van der Waals surface area contributed by atoms with Crippen molar-refractivity contribution in [2.24, 2.45) is 0 Å². The molecule has 1 amide bonds. The minimum absolute atomic E-state index is 0.0603. The number of carbonyl (C=O) groups is 1. The van der Waals surface area contributed by atoms with Crippen molar-refractivity contribution < 1.29 is 46.5 Å². The summed E-state index contributed by atoms with van der Waals surface area (Å²) in [6.45, 7) is 3.60. The minimum Gasteiger partial charge on any atom is -0.492 e. The van der Waals surface area contributed by atoms with Crippen LogP contribution in [0.5, 0.6) is 5.75 Å². The van der Waals surface area contributed by atoms with Gasteiger partial charge in [-0.15, -0.1) is 0 Å². The Morgan fingerprint density at radius 2 is 1.90 bits per heavy atom. The lowest BCUT2D eigenvalue weighted by atomic mass is 9.95. The predicted molar refractivity (Wildman–Crippen MR) is 183 cm³/mol. The lowest BCUT2D eigenvalue weighted by Crippen LogP contribution is -2.38. The zero-order valence-electron chi connectivity index (χ0n) is 25.9. The van der Waals surface area contributed by atoms with Gasteiger partial charge < -0.3 is 29.1 Å². The SMILES string of the molecule is O=C(c1cc2cc(OCCN3CCOCC3)ccc2[nH]1)N1CC(CBr)c2c1cc([N+](=O)[O-])c1cc(S(=O)(=O)NCCOP(=O)(O)O)ccc21. The molecule has 49 heavy (non-hydrogen) atoms. The van der Waals surface area contributed by atoms with Gasteiger partial charge in [0.05, 0.1) is 40.7 Å². The number of carbonyl (C=O) groups excluding carboxylic acids is 1. The number of hydrogen-bond donors (Lipinski definition) is 4. The average Bonchev–Trinajstić information content (AvgIpc) is 3.67. The number of phosphoric acid groups is 1. The van der Waals surface area contributed by atoms with E-state index in [1.54, 1.807) is 6.07 Å². The number of sulfonamides is 1. The number of amides is 1. The fraction of sp³-hybridized carbons (Fsp3) is 0.367. The van der Waals surface area contributed by atoms with Gasteiger partial charge in [-0.1, -0.05) is 22.0 Å². The number of non-ortho nitro benzene ring substituents is 1. The van der Waals surface area contributed by atoms with E-state index in [4.69, 9.17) is 19.3 Å². The maximum atomic E-state index is 14.0. The second-order valence-electron chi connectivity index (χ2n) is 11.5. The Balaban J connectivity index is 1.26. The van der Waals surface area contributed by atoms with E-state index in [-0.39, 0.29) is 34.3 Å². The molecule has 262 valence electrons. The van der Waals surface area contributed by atoms with Crippen LogP contribution in [0.2, 0.25) is 0 Å². The van der Waals surface area contributed by atoms with Crippen molar-refractivity contribution in [3.8, 4) is 5.75 Å². The van der Waals surface area contributed by atoms with E-state index in [1.165, 1.54) is 29.2 Å². The van der Waals surface area contributed by atoms with Crippen LogP contribution >= 0.6 is 23.8 Å².